The summed E-state index contributed by atoms with van der Waals surface area (Å²) in [4.78, 5) is 23.2. The van der Waals surface area contributed by atoms with Crippen LogP contribution in [0.4, 0.5) is 5.69 Å². The van der Waals surface area contributed by atoms with E-state index >= 15 is 0 Å². The summed E-state index contributed by atoms with van der Waals surface area (Å²) in [5.41, 5.74) is -0.119. The third kappa shape index (κ3) is 2.99. The predicted molar refractivity (Wildman–Crippen MR) is 78.3 cm³/mol. The van der Waals surface area contributed by atoms with Gasteiger partial charge < -0.3 is 14.8 Å². The highest BCUT2D eigenvalue weighted by molar-refractivity contribution is 9.10. The van der Waals surface area contributed by atoms with Crippen LogP contribution in [-0.2, 0) is 10.3 Å². The fourth-order valence-corrected chi connectivity index (χ4v) is 2.15. The Balaban J connectivity index is 2.18. The molecule has 0 spiro atoms. The van der Waals surface area contributed by atoms with E-state index in [2.05, 4.69) is 26.3 Å². The van der Waals surface area contributed by atoms with E-state index in [1.54, 1.807) is 13.0 Å². The van der Waals surface area contributed by atoms with Crippen molar-refractivity contribution in [1.29, 1.82) is 0 Å². The number of nitrogens with zero attached hydrogens (tertiary/aromatic N) is 2. The van der Waals surface area contributed by atoms with E-state index in [1.165, 1.54) is 30.9 Å². The highest BCUT2D eigenvalue weighted by Crippen LogP contribution is 2.22. The van der Waals surface area contributed by atoms with Crippen LogP contribution < -0.4 is 5.32 Å². The SMILES string of the molecule is Cc1cc(Br)oc1C(=O)Nc1cnn(C(C)(C)C(=O)O)c1. The maximum Gasteiger partial charge on any atom is 0.331 e. The molecule has 2 heterocycles. The second kappa shape index (κ2) is 5.36. The van der Waals surface area contributed by atoms with Gasteiger partial charge in [0.1, 0.15) is 0 Å². The van der Waals surface area contributed by atoms with E-state index in [0.29, 0.717) is 15.9 Å². The summed E-state index contributed by atoms with van der Waals surface area (Å²) < 4.78 is 6.98. The first-order valence-corrected chi connectivity index (χ1v) is 6.87. The normalized spacial score (nSPS) is 11.4. The molecule has 0 saturated heterocycles. The van der Waals surface area contributed by atoms with Gasteiger partial charge in [0.25, 0.3) is 5.91 Å². The lowest BCUT2D eigenvalue weighted by Gasteiger charge is -2.19. The minimum Gasteiger partial charge on any atom is -0.479 e. The Kier molecular flexibility index (Phi) is 3.91. The monoisotopic (exact) mass is 355 g/mol. The standard InChI is InChI=1S/C13H14BrN3O4/c1-7-4-9(14)21-10(7)11(18)16-8-5-15-17(6-8)13(2,3)12(19)20/h4-6H,1-3H3,(H,16,18)(H,19,20). The van der Waals surface area contributed by atoms with E-state index in [-0.39, 0.29) is 5.76 Å². The van der Waals surface area contributed by atoms with E-state index in [0.717, 1.165) is 0 Å². The molecule has 8 heteroatoms. The number of halogens is 1. The van der Waals surface area contributed by atoms with Gasteiger partial charge in [0, 0.05) is 11.8 Å². The Morgan fingerprint density at radius 1 is 1.48 bits per heavy atom. The molecule has 2 N–H and O–H groups in total. The molecule has 21 heavy (non-hydrogen) atoms. The second-order valence-corrected chi connectivity index (χ2v) is 5.84. The van der Waals surface area contributed by atoms with Gasteiger partial charge in [0.15, 0.2) is 16.0 Å². The lowest BCUT2D eigenvalue weighted by Crippen LogP contribution is -2.35. The summed E-state index contributed by atoms with van der Waals surface area (Å²) >= 11 is 3.15. The zero-order chi connectivity index (χ0) is 15.8. The van der Waals surface area contributed by atoms with E-state index < -0.39 is 17.4 Å². The molecule has 1 amide bonds. The van der Waals surface area contributed by atoms with Gasteiger partial charge in [-0.05, 0) is 42.8 Å². The number of aryl methyl sites for hydroxylation is 1. The minimum absolute atomic E-state index is 0.187. The topological polar surface area (TPSA) is 97.4 Å². The summed E-state index contributed by atoms with van der Waals surface area (Å²) in [6, 6.07) is 1.69. The molecular formula is C13H14BrN3O4. The number of nitrogens with one attached hydrogen (secondary N) is 1. The number of anilines is 1. The molecule has 0 fully saturated rings. The molecule has 0 saturated carbocycles. The van der Waals surface area contributed by atoms with Crippen molar-refractivity contribution in [3.05, 3.63) is 34.5 Å². The lowest BCUT2D eigenvalue weighted by molar-refractivity contribution is -0.146. The number of amides is 1. The number of hydrogen-bond donors (Lipinski definition) is 2. The van der Waals surface area contributed by atoms with Crippen LogP contribution in [-0.4, -0.2) is 26.8 Å². The molecule has 2 rings (SSSR count). The zero-order valence-electron chi connectivity index (χ0n) is 11.7. The van der Waals surface area contributed by atoms with Crippen LogP contribution in [0.3, 0.4) is 0 Å². The summed E-state index contributed by atoms with van der Waals surface area (Å²) in [5, 5.41) is 15.7. The number of carbonyl (C=O) groups is 2. The first-order chi connectivity index (χ1) is 9.71. The van der Waals surface area contributed by atoms with Crippen molar-refractivity contribution in [3.63, 3.8) is 0 Å². The van der Waals surface area contributed by atoms with Crippen molar-refractivity contribution in [2.45, 2.75) is 26.3 Å². The molecule has 0 aliphatic heterocycles. The van der Waals surface area contributed by atoms with Crippen LogP contribution >= 0.6 is 15.9 Å². The van der Waals surface area contributed by atoms with Gasteiger partial charge in [-0.2, -0.15) is 5.10 Å². The zero-order valence-corrected chi connectivity index (χ0v) is 13.3. The Labute approximate surface area is 129 Å². The highest BCUT2D eigenvalue weighted by atomic mass is 79.9. The molecule has 2 aromatic rings. The number of carboxylic acids is 1. The average Bonchev–Trinajstić information content (AvgIpc) is 2.96. The molecule has 112 valence electrons. The molecule has 0 bridgehead atoms. The molecular weight excluding hydrogens is 342 g/mol. The Hall–Kier alpha value is -2.09. The number of hydrogen-bond acceptors (Lipinski definition) is 4. The second-order valence-electron chi connectivity index (χ2n) is 5.05. The summed E-state index contributed by atoms with van der Waals surface area (Å²) in [5.74, 6) is -1.26. The molecule has 0 radical (unpaired) electrons. The smallest absolute Gasteiger partial charge is 0.331 e. The molecule has 0 aliphatic rings. The maximum atomic E-state index is 12.1. The van der Waals surface area contributed by atoms with E-state index in [9.17, 15) is 9.59 Å². The highest BCUT2D eigenvalue weighted by Gasteiger charge is 2.30. The summed E-state index contributed by atoms with van der Waals surface area (Å²) in [6.45, 7) is 4.78. The van der Waals surface area contributed by atoms with Gasteiger partial charge in [0.2, 0.25) is 0 Å². The van der Waals surface area contributed by atoms with Gasteiger partial charge >= 0.3 is 5.97 Å². The fourth-order valence-electron chi connectivity index (χ4n) is 1.65. The predicted octanol–water partition coefficient (Wildman–Crippen LogP) is 2.62. The van der Waals surface area contributed by atoms with Crippen molar-refractivity contribution >= 4 is 33.5 Å². The third-order valence-corrected chi connectivity index (χ3v) is 3.42. The number of rotatable bonds is 4. The molecule has 0 atom stereocenters. The summed E-state index contributed by atoms with van der Waals surface area (Å²) in [6.07, 6.45) is 2.84. The van der Waals surface area contributed by atoms with E-state index in [1.807, 2.05) is 0 Å². The van der Waals surface area contributed by atoms with Gasteiger partial charge in [-0.15, -0.1) is 0 Å². The molecule has 7 nitrogen and oxygen atoms in total. The first kappa shape index (κ1) is 15.3. The van der Waals surface area contributed by atoms with Crippen molar-refractivity contribution in [1.82, 2.24) is 9.78 Å². The largest absolute Gasteiger partial charge is 0.479 e. The molecule has 0 unspecified atom stereocenters. The summed E-state index contributed by atoms with van der Waals surface area (Å²) in [7, 11) is 0. The number of aromatic nitrogens is 2. The quantitative estimate of drug-likeness (QED) is 0.878. The third-order valence-electron chi connectivity index (χ3n) is 3.03. The lowest BCUT2D eigenvalue weighted by atomic mass is 10.1. The van der Waals surface area contributed by atoms with Gasteiger partial charge in [-0.25, -0.2) is 4.79 Å². The number of carboxylic acid groups (broad SMARTS) is 1. The van der Waals surface area contributed by atoms with Crippen LogP contribution in [0.25, 0.3) is 0 Å². The van der Waals surface area contributed by atoms with Crippen molar-refractivity contribution in [2.75, 3.05) is 5.32 Å². The Bertz CT molecular complexity index is 702. The number of furan rings is 1. The van der Waals surface area contributed by atoms with Crippen LogP contribution in [0.5, 0.6) is 0 Å². The minimum atomic E-state index is -1.20. The molecule has 2 aromatic heterocycles. The van der Waals surface area contributed by atoms with Crippen molar-refractivity contribution in [3.8, 4) is 0 Å². The van der Waals surface area contributed by atoms with Crippen LogP contribution in [0.2, 0.25) is 0 Å². The van der Waals surface area contributed by atoms with Crippen LogP contribution in [0, 0.1) is 6.92 Å². The van der Waals surface area contributed by atoms with Gasteiger partial charge in [-0.1, -0.05) is 0 Å². The Morgan fingerprint density at radius 2 is 2.14 bits per heavy atom. The van der Waals surface area contributed by atoms with Crippen LogP contribution in [0.15, 0.2) is 27.5 Å². The molecule has 0 aliphatic carbocycles. The van der Waals surface area contributed by atoms with Crippen molar-refractivity contribution in [2.24, 2.45) is 0 Å². The number of aliphatic carboxylic acids is 1. The Morgan fingerprint density at radius 3 is 2.67 bits per heavy atom. The average molecular weight is 356 g/mol. The number of carbonyl (C=O) groups excluding carboxylic acids is 1. The molecule has 0 aromatic carbocycles. The van der Waals surface area contributed by atoms with Gasteiger partial charge in [-0.3, -0.25) is 9.48 Å². The van der Waals surface area contributed by atoms with E-state index in [4.69, 9.17) is 9.52 Å². The fraction of sp³-hybridized carbons (Fsp3) is 0.308. The van der Waals surface area contributed by atoms with Gasteiger partial charge in [0.05, 0.1) is 11.9 Å². The first-order valence-electron chi connectivity index (χ1n) is 6.07. The van der Waals surface area contributed by atoms with Crippen molar-refractivity contribution < 1.29 is 19.1 Å². The maximum absolute atomic E-state index is 12.1. The van der Waals surface area contributed by atoms with Crippen LogP contribution in [0.1, 0.15) is 30.0 Å².